The fourth-order valence-corrected chi connectivity index (χ4v) is 2.54. The minimum atomic E-state index is -0.561. The first kappa shape index (κ1) is 17.2. The van der Waals surface area contributed by atoms with Gasteiger partial charge in [0.2, 0.25) is 5.91 Å². The van der Waals surface area contributed by atoms with E-state index in [1.54, 1.807) is 0 Å². The maximum absolute atomic E-state index is 12.2. The van der Waals surface area contributed by atoms with Crippen molar-refractivity contribution in [2.75, 3.05) is 6.54 Å². The smallest absolute Gasteiger partial charge is 0.223 e. The predicted molar refractivity (Wildman–Crippen MR) is 87.9 cm³/mol. The van der Waals surface area contributed by atoms with Gasteiger partial charge in [-0.25, -0.2) is 0 Å². The zero-order valence-electron chi connectivity index (χ0n) is 13.9. The minimum Gasteiger partial charge on any atom is -0.388 e. The van der Waals surface area contributed by atoms with E-state index < -0.39 is 6.10 Å². The lowest BCUT2D eigenvalue weighted by molar-refractivity contribution is -0.124. The van der Waals surface area contributed by atoms with Gasteiger partial charge in [-0.1, -0.05) is 42.4 Å². The summed E-state index contributed by atoms with van der Waals surface area (Å²) in [4.78, 5) is 12.2. The summed E-state index contributed by atoms with van der Waals surface area (Å²) in [6, 6.07) is 9.46. The van der Waals surface area contributed by atoms with Gasteiger partial charge in [-0.3, -0.25) is 4.79 Å². The van der Waals surface area contributed by atoms with Crippen LogP contribution in [0.15, 0.2) is 34.9 Å². The zero-order valence-corrected chi connectivity index (χ0v) is 13.9. The van der Waals surface area contributed by atoms with Crippen molar-refractivity contribution >= 4 is 5.91 Å². The van der Waals surface area contributed by atoms with Crippen molar-refractivity contribution in [2.45, 2.75) is 39.7 Å². The first-order valence-electron chi connectivity index (χ1n) is 7.91. The molecule has 5 nitrogen and oxygen atoms in total. The molecule has 0 saturated carbocycles. The predicted octanol–water partition coefficient (Wildman–Crippen LogP) is 2.71. The number of nitrogens with one attached hydrogen (secondary N) is 1. The van der Waals surface area contributed by atoms with E-state index in [1.807, 2.05) is 51.1 Å². The Hall–Kier alpha value is -2.14. The molecule has 0 fully saturated rings. The summed E-state index contributed by atoms with van der Waals surface area (Å²) in [5.41, 5.74) is 2.70. The highest BCUT2D eigenvalue weighted by Crippen LogP contribution is 2.18. The van der Waals surface area contributed by atoms with Gasteiger partial charge in [0, 0.05) is 18.0 Å². The number of aliphatic hydroxyl groups is 1. The van der Waals surface area contributed by atoms with E-state index in [-0.39, 0.29) is 11.8 Å². The summed E-state index contributed by atoms with van der Waals surface area (Å²) in [6.07, 6.45) is 0.538. The SMILES string of the molecule is Cc1noc(C)c1CC(C)C(=O)NCCC(O)c1ccccc1. The van der Waals surface area contributed by atoms with Gasteiger partial charge in [0.05, 0.1) is 11.8 Å². The Labute approximate surface area is 136 Å². The van der Waals surface area contributed by atoms with E-state index >= 15 is 0 Å². The van der Waals surface area contributed by atoms with Crippen LogP contribution in [0.3, 0.4) is 0 Å². The first-order valence-corrected chi connectivity index (χ1v) is 7.91. The van der Waals surface area contributed by atoms with Crippen LogP contribution >= 0.6 is 0 Å². The maximum atomic E-state index is 12.2. The van der Waals surface area contributed by atoms with Crippen LogP contribution in [-0.4, -0.2) is 22.7 Å². The molecule has 0 spiro atoms. The van der Waals surface area contributed by atoms with Crippen LogP contribution in [0.1, 0.15) is 42.0 Å². The number of carbonyl (C=O) groups excluding carboxylic acids is 1. The zero-order chi connectivity index (χ0) is 16.8. The van der Waals surface area contributed by atoms with Crippen LogP contribution in [-0.2, 0) is 11.2 Å². The molecule has 0 bridgehead atoms. The average molecular weight is 316 g/mol. The molecule has 124 valence electrons. The number of benzene rings is 1. The number of aliphatic hydroxyl groups excluding tert-OH is 1. The van der Waals surface area contributed by atoms with Crippen molar-refractivity contribution in [2.24, 2.45) is 5.92 Å². The second-order valence-corrected chi connectivity index (χ2v) is 5.91. The highest BCUT2D eigenvalue weighted by molar-refractivity contribution is 5.78. The third kappa shape index (κ3) is 4.66. The maximum Gasteiger partial charge on any atom is 0.223 e. The quantitative estimate of drug-likeness (QED) is 0.823. The molecule has 23 heavy (non-hydrogen) atoms. The van der Waals surface area contributed by atoms with Crippen molar-refractivity contribution < 1.29 is 14.4 Å². The minimum absolute atomic E-state index is 0.0229. The van der Waals surface area contributed by atoms with Gasteiger partial charge < -0.3 is 14.9 Å². The number of aryl methyl sites for hydroxylation is 2. The molecule has 1 amide bonds. The third-order valence-electron chi connectivity index (χ3n) is 4.04. The van der Waals surface area contributed by atoms with Crippen LogP contribution in [0.25, 0.3) is 0 Å². The number of hydrogen-bond donors (Lipinski definition) is 2. The van der Waals surface area contributed by atoms with Gasteiger partial charge in [0.15, 0.2) is 0 Å². The molecule has 0 aliphatic heterocycles. The number of aromatic nitrogens is 1. The van der Waals surface area contributed by atoms with Gasteiger partial charge in [0.1, 0.15) is 5.76 Å². The molecule has 1 aromatic heterocycles. The van der Waals surface area contributed by atoms with Crippen LogP contribution in [0.4, 0.5) is 0 Å². The molecule has 5 heteroatoms. The second-order valence-electron chi connectivity index (χ2n) is 5.91. The van der Waals surface area contributed by atoms with Crippen LogP contribution in [0, 0.1) is 19.8 Å². The monoisotopic (exact) mass is 316 g/mol. The molecule has 2 rings (SSSR count). The van der Waals surface area contributed by atoms with Crippen LogP contribution in [0.2, 0.25) is 0 Å². The number of carbonyl (C=O) groups is 1. The Morgan fingerprint density at radius 2 is 2.00 bits per heavy atom. The average Bonchev–Trinajstić information content (AvgIpc) is 2.87. The molecule has 2 atom stereocenters. The summed E-state index contributed by atoms with van der Waals surface area (Å²) >= 11 is 0. The van der Waals surface area contributed by atoms with Gasteiger partial charge in [-0.15, -0.1) is 0 Å². The number of rotatable bonds is 7. The van der Waals surface area contributed by atoms with Crippen molar-refractivity contribution in [3.05, 3.63) is 52.9 Å². The van der Waals surface area contributed by atoms with Crippen molar-refractivity contribution in [3.8, 4) is 0 Å². The Morgan fingerprint density at radius 1 is 1.30 bits per heavy atom. The van der Waals surface area contributed by atoms with E-state index in [0.717, 1.165) is 22.6 Å². The normalized spacial score (nSPS) is 13.6. The van der Waals surface area contributed by atoms with E-state index in [0.29, 0.717) is 19.4 Å². The molecule has 2 aromatic rings. The third-order valence-corrected chi connectivity index (χ3v) is 4.04. The molecule has 0 aliphatic carbocycles. The first-order chi connectivity index (χ1) is 11.0. The Bertz CT molecular complexity index is 617. The number of hydrogen-bond acceptors (Lipinski definition) is 4. The molecule has 1 aromatic carbocycles. The summed E-state index contributed by atoms with van der Waals surface area (Å²) in [6.45, 7) is 6.07. The standard InChI is InChI=1S/C18H24N2O3/c1-12(11-16-13(2)20-23-14(16)3)18(22)19-10-9-17(21)15-7-5-4-6-8-15/h4-8,12,17,21H,9-11H2,1-3H3,(H,19,22). The van der Waals surface area contributed by atoms with E-state index in [9.17, 15) is 9.90 Å². The Morgan fingerprint density at radius 3 is 2.61 bits per heavy atom. The van der Waals surface area contributed by atoms with Gasteiger partial charge in [-0.2, -0.15) is 0 Å². The second kappa shape index (κ2) is 7.92. The Balaban J connectivity index is 1.78. The van der Waals surface area contributed by atoms with Crippen molar-refractivity contribution in [1.29, 1.82) is 0 Å². The molecule has 0 radical (unpaired) electrons. The summed E-state index contributed by atoms with van der Waals surface area (Å²) in [5, 5.41) is 16.9. The summed E-state index contributed by atoms with van der Waals surface area (Å²) < 4.78 is 5.12. The molecular formula is C18H24N2O3. The molecule has 2 unspecified atom stereocenters. The fraction of sp³-hybridized carbons (Fsp3) is 0.444. The van der Waals surface area contributed by atoms with Crippen molar-refractivity contribution in [1.82, 2.24) is 10.5 Å². The lowest BCUT2D eigenvalue weighted by atomic mass is 9.99. The molecular weight excluding hydrogens is 292 g/mol. The number of nitrogens with zero attached hydrogens (tertiary/aromatic N) is 1. The summed E-state index contributed by atoms with van der Waals surface area (Å²) in [5.74, 6) is 0.576. The van der Waals surface area contributed by atoms with E-state index in [4.69, 9.17) is 4.52 Å². The highest BCUT2D eigenvalue weighted by atomic mass is 16.5. The molecule has 1 heterocycles. The highest BCUT2D eigenvalue weighted by Gasteiger charge is 2.18. The van der Waals surface area contributed by atoms with Crippen molar-refractivity contribution in [3.63, 3.8) is 0 Å². The molecule has 0 saturated heterocycles. The lowest BCUT2D eigenvalue weighted by Crippen LogP contribution is -2.31. The van der Waals surface area contributed by atoms with E-state index in [2.05, 4.69) is 10.5 Å². The van der Waals surface area contributed by atoms with Gasteiger partial charge >= 0.3 is 0 Å². The van der Waals surface area contributed by atoms with Crippen LogP contribution < -0.4 is 5.32 Å². The van der Waals surface area contributed by atoms with Gasteiger partial charge in [0.25, 0.3) is 0 Å². The molecule has 0 aliphatic rings. The Kier molecular flexibility index (Phi) is 5.93. The summed E-state index contributed by atoms with van der Waals surface area (Å²) in [7, 11) is 0. The van der Waals surface area contributed by atoms with Gasteiger partial charge in [-0.05, 0) is 32.3 Å². The lowest BCUT2D eigenvalue weighted by Gasteiger charge is -2.14. The van der Waals surface area contributed by atoms with E-state index in [1.165, 1.54) is 0 Å². The fourth-order valence-electron chi connectivity index (χ4n) is 2.54. The topological polar surface area (TPSA) is 75.4 Å². The molecule has 2 N–H and O–H groups in total. The van der Waals surface area contributed by atoms with Crippen LogP contribution in [0.5, 0.6) is 0 Å². The number of amides is 1. The largest absolute Gasteiger partial charge is 0.388 e.